The van der Waals surface area contributed by atoms with Crippen LogP contribution in [0.1, 0.15) is 52.2 Å². The third-order valence-electron chi connectivity index (χ3n) is 6.72. The Hall–Kier alpha value is -3.30. The van der Waals surface area contributed by atoms with Gasteiger partial charge in [-0.2, -0.15) is 0 Å². The molecule has 0 radical (unpaired) electrons. The van der Waals surface area contributed by atoms with E-state index in [1.807, 2.05) is 57.5 Å². The van der Waals surface area contributed by atoms with E-state index in [4.69, 9.17) is 4.74 Å². The molecule has 0 atom stereocenters. The van der Waals surface area contributed by atoms with Crippen molar-refractivity contribution in [3.63, 3.8) is 0 Å². The highest BCUT2D eigenvalue weighted by Crippen LogP contribution is 2.44. The maximum atomic E-state index is 13.6. The van der Waals surface area contributed by atoms with E-state index in [2.05, 4.69) is 20.8 Å². The van der Waals surface area contributed by atoms with Gasteiger partial charge in [-0.15, -0.1) is 32.9 Å². The second-order valence-electron chi connectivity index (χ2n) is 9.85. The fourth-order valence-corrected chi connectivity index (χ4v) is 5.79. The number of fused-ring (bicyclic) bond motifs is 3. The molecule has 1 amide bonds. The van der Waals surface area contributed by atoms with Crippen LogP contribution in [0.5, 0.6) is 5.75 Å². The van der Waals surface area contributed by atoms with Crippen molar-refractivity contribution in [2.75, 3.05) is 14.2 Å². The molecule has 0 saturated heterocycles. The number of amides is 1. The quantitative estimate of drug-likeness (QED) is 0.310. The Kier molecular flexibility index (Phi) is 6.30. The Bertz CT molecular complexity index is 1430. The Labute approximate surface area is 218 Å². The summed E-state index contributed by atoms with van der Waals surface area (Å²) in [5.74, 6) is 0.470. The molecule has 7 nitrogen and oxygen atoms in total. The van der Waals surface area contributed by atoms with Crippen LogP contribution in [0.25, 0.3) is 21.7 Å². The van der Waals surface area contributed by atoms with Gasteiger partial charge in [0.2, 0.25) is 0 Å². The predicted octanol–water partition coefficient (Wildman–Crippen LogP) is 5.60. The molecular weight excluding hydrogens is 492 g/mol. The van der Waals surface area contributed by atoms with Gasteiger partial charge in [0.1, 0.15) is 22.0 Å². The molecule has 0 fully saturated rings. The normalized spacial score (nSPS) is 12.7. The van der Waals surface area contributed by atoms with E-state index >= 15 is 0 Å². The third kappa shape index (κ3) is 4.26. The molecule has 3 aromatic heterocycles. The number of benzene rings is 1. The minimum atomic E-state index is -0.310. The van der Waals surface area contributed by atoms with Gasteiger partial charge < -0.3 is 14.2 Å². The number of nitrogens with zero attached hydrogens (tertiary/aromatic N) is 4. The van der Waals surface area contributed by atoms with Crippen LogP contribution in [0.2, 0.25) is 0 Å². The first-order chi connectivity index (χ1) is 17.2. The number of hydrogen-bond donors (Lipinski definition) is 0. The van der Waals surface area contributed by atoms with Gasteiger partial charge in [-0.3, -0.25) is 9.59 Å². The first kappa shape index (κ1) is 24.4. The third-order valence-corrected chi connectivity index (χ3v) is 8.32. The molecule has 0 bridgehead atoms. The number of Topliss-reactive ketones (excluding diaryl/α,β-unsaturated/α-hetero) is 1. The van der Waals surface area contributed by atoms with Crippen molar-refractivity contribution in [1.82, 2.24) is 19.7 Å². The Morgan fingerprint density at radius 2 is 1.97 bits per heavy atom. The van der Waals surface area contributed by atoms with Crippen LogP contribution in [0.3, 0.4) is 0 Å². The van der Waals surface area contributed by atoms with Crippen LogP contribution in [0.4, 0.5) is 0 Å². The number of hydrogen-bond acceptors (Lipinski definition) is 7. The van der Waals surface area contributed by atoms with Crippen LogP contribution in [0.15, 0.2) is 41.2 Å². The lowest BCUT2D eigenvalue weighted by Crippen LogP contribution is -2.43. The molecule has 186 valence electrons. The van der Waals surface area contributed by atoms with Gasteiger partial charge in [0.05, 0.1) is 24.8 Å². The SMILES string of the molecule is COc1cc2c(cc1C(=O)Cc1nncs1)-c1c(-c3cccs3)cc(C(=O)N(C)C(C)(C)C)n1CC2. The van der Waals surface area contributed by atoms with Gasteiger partial charge in [-0.1, -0.05) is 6.07 Å². The van der Waals surface area contributed by atoms with Crippen LogP contribution in [-0.2, 0) is 19.4 Å². The second kappa shape index (κ2) is 9.29. The number of thiophene rings is 1. The summed E-state index contributed by atoms with van der Waals surface area (Å²) in [7, 11) is 3.43. The zero-order valence-electron chi connectivity index (χ0n) is 21.0. The molecule has 0 aliphatic carbocycles. The Balaban J connectivity index is 1.68. The summed E-state index contributed by atoms with van der Waals surface area (Å²) in [6.07, 6.45) is 0.903. The standard InChI is InChI=1S/C27H28N4O3S2/c1-27(2,3)30(4)26(33)20-13-19(23-7-6-10-35-23)25-17-12-18(21(32)14-24-29-28-15-36-24)22(34-5)11-16(17)8-9-31(20)25/h6-7,10-13,15H,8-9,14H2,1-5H3. The number of ether oxygens (including phenoxy) is 1. The number of carbonyl (C=O) groups excluding carboxylic acids is 2. The van der Waals surface area contributed by atoms with Crippen LogP contribution < -0.4 is 4.74 Å². The second-order valence-corrected chi connectivity index (χ2v) is 11.7. The molecule has 1 aliphatic rings. The van der Waals surface area contributed by atoms with Crippen molar-refractivity contribution >= 4 is 34.4 Å². The zero-order valence-corrected chi connectivity index (χ0v) is 22.6. The minimum absolute atomic E-state index is 0.0175. The molecule has 4 aromatic rings. The molecule has 0 saturated carbocycles. The molecule has 1 aromatic carbocycles. The van der Waals surface area contributed by atoms with E-state index in [1.165, 1.54) is 11.3 Å². The van der Waals surface area contributed by atoms with Crippen molar-refractivity contribution in [2.24, 2.45) is 0 Å². The number of rotatable bonds is 6. The number of ketones is 1. The first-order valence-corrected chi connectivity index (χ1v) is 13.5. The van der Waals surface area contributed by atoms with Crippen molar-refractivity contribution < 1.29 is 14.3 Å². The van der Waals surface area contributed by atoms with Gasteiger partial charge >= 0.3 is 0 Å². The van der Waals surface area contributed by atoms with Crippen molar-refractivity contribution in [3.8, 4) is 27.4 Å². The van der Waals surface area contributed by atoms with E-state index in [1.54, 1.807) is 28.9 Å². The Morgan fingerprint density at radius 3 is 2.61 bits per heavy atom. The maximum absolute atomic E-state index is 13.6. The lowest BCUT2D eigenvalue weighted by molar-refractivity contribution is 0.0644. The largest absolute Gasteiger partial charge is 0.496 e. The van der Waals surface area contributed by atoms with Gasteiger partial charge in [0.25, 0.3) is 5.91 Å². The van der Waals surface area contributed by atoms with Crippen LogP contribution in [-0.4, -0.2) is 51.1 Å². The van der Waals surface area contributed by atoms with Crippen molar-refractivity contribution in [3.05, 3.63) is 63.1 Å². The highest BCUT2D eigenvalue weighted by molar-refractivity contribution is 7.13. The molecule has 0 N–H and O–H groups in total. The molecule has 0 unspecified atom stereocenters. The van der Waals surface area contributed by atoms with Gasteiger partial charge in [0, 0.05) is 35.1 Å². The topological polar surface area (TPSA) is 77.3 Å². The minimum Gasteiger partial charge on any atom is -0.496 e. The summed E-state index contributed by atoms with van der Waals surface area (Å²) in [6, 6.07) is 10.00. The molecule has 36 heavy (non-hydrogen) atoms. The van der Waals surface area contributed by atoms with E-state index in [-0.39, 0.29) is 23.7 Å². The van der Waals surface area contributed by atoms with Crippen LogP contribution in [0, 0.1) is 0 Å². The fraction of sp³-hybridized carbons (Fsp3) is 0.333. The van der Waals surface area contributed by atoms with Gasteiger partial charge in [-0.25, -0.2) is 0 Å². The lowest BCUT2D eigenvalue weighted by Gasteiger charge is -2.32. The van der Waals surface area contributed by atoms with Crippen molar-refractivity contribution in [1.29, 1.82) is 0 Å². The molecule has 5 rings (SSSR count). The molecule has 1 aliphatic heterocycles. The molecule has 4 heterocycles. The van der Waals surface area contributed by atoms with Gasteiger partial charge in [-0.05, 0) is 62.4 Å². The van der Waals surface area contributed by atoms with E-state index in [0.29, 0.717) is 28.6 Å². The zero-order chi connectivity index (χ0) is 25.6. The molecular formula is C27H28N4O3S2. The predicted molar refractivity (Wildman–Crippen MR) is 143 cm³/mol. The highest BCUT2D eigenvalue weighted by Gasteiger charge is 2.32. The summed E-state index contributed by atoms with van der Waals surface area (Å²) in [5.41, 5.74) is 6.53. The number of carbonyl (C=O) groups is 2. The smallest absolute Gasteiger partial charge is 0.270 e. The molecule has 9 heteroatoms. The van der Waals surface area contributed by atoms with Crippen molar-refractivity contribution in [2.45, 2.75) is 45.7 Å². The van der Waals surface area contributed by atoms with E-state index in [0.717, 1.165) is 33.7 Å². The molecule has 0 spiro atoms. The summed E-state index contributed by atoms with van der Waals surface area (Å²) >= 11 is 3.00. The van der Waals surface area contributed by atoms with Crippen LogP contribution >= 0.6 is 22.7 Å². The number of methoxy groups -OCH3 is 1. The maximum Gasteiger partial charge on any atom is 0.270 e. The van der Waals surface area contributed by atoms with Gasteiger partial charge in [0.15, 0.2) is 5.78 Å². The average molecular weight is 521 g/mol. The van der Waals surface area contributed by atoms with E-state index < -0.39 is 0 Å². The number of aromatic nitrogens is 3. The monoisotopic (exact) mass is 520 g/mol. The average Bonchev–Trinajstić information content (AvgIpc) is 3.62. The lowest BCUT2D eigenvalue weighted by atomic mass is 9.92. The highest BCUT2D eigenvalue weighted by atomic mass is 32.1. The Morgan fingerprint density at radius 1 is 1.17 bits per heavy atom. The fourth-order valence-electron chi connectivity index (χ4n) is 4.52. The number of aryl methyl sites for hydroxylation is 1. The first-order valence-electron chi connectivity index (χ1n) is 11.7. The summed E-state index contributed by atoms with van der Waals surface area (Å²) in [4.78, 5) is 29.8. The summed E-state index contributed by atoms with van der Waals surface area (Å²) in [5, 5.41) is 10.6. The summed E-state index contributed by atoms with van der Waals surface area (Å²) in [6.45, 7) is 6.77. The van der Waals surface area contributed by atoms with E-state index in [9.17, 15) is 9.59 Å². The summed E-state index contributed by atoms with van der Waals surface area (Å²) < 4.78 is 7.75.